The fraction of sp³-hybridized carbons (Fsp3) is 0.111. The third-order valence-corrected chi connectivity index (χ3v) is 3.34. The van der Waals surface area contributed by atoms with Gasteiger partial charge in [0.05, 0.1) is 6.54 Å². The van der Waals surface area contributed by atoms with E-state index in [1.54, 1.807) is 0 Å². The van der Waals surface area contributed by atoms with Crippen LogP contribution in [-0.2, 0) is 6.54 Å². The zero-order chi connectivity index (χ0) is 19.3. The van der Waals surface area contributed by atoms with Crippen molar-refractivity contribution in [2.24, 2.45) is 10.7 Å². The van der Waals surface area contributed by atoms with Gasteiger partial charge in [-0.15, -0.1) is 13.2 Å². The minimum Gasteiger partial charge on any atom is -0.444 e. The second kappa shape index (κ2) is 7.81. The highest BCUT2D eigenvalue weighted by Crippen LogP contribution is 2.24. The van der Waals surface area contributed by atoms with E-state index in [0.29, 0.717) is 17.3 Å². The number of nitrogens with two attached hydrogens (primary N) is 1. The first-order valence-corrected chi connectivity index (χ1v) is 7.82. The van der Waals surface area contributed by atoms with E-state index in [-0.39, 0.29) is 18.3 Å². The van der Waals surface area contributed by atoms with E-state index < -0.39 is 6.36 Å². The molecule has 0 saturated heterocycles. The molecule has 27 heavy (non-hydrogen) atoms. The van der Waals surface area contributed by atoms with Crippen molar-refractivity contribution >= 4 is 11.6 Å². The van der Waals surface area contributed by atoms with Crippen LogP contribution in [-0.4, -0.2) is 17.3 Å². The molecular formula is C18H15F3N4O2. The van der Waals surface area contributed by atoms with Gasteiger partial charge in [0.25, 0.3) is 0 Å². The number of ether oxygens (including phenoxy) is 1. The molecule has 0 unspecified atom stereocenters. The smallest absolute Gasteiger partial charge is 0.444 e. The van der Waals surface area contributed by atoms with Gasteiger partial charge < -0.3 is 20.2 Å². The molecule has 140 valence electrons. The summed E-state index contributed by atoms with van der Waals surface area (Å²) in [6.07, 6.45) is -3.24. The molecule has 2 aromatic carbocycles. The molecule has 3 N–H and O–H groups in total. The normalized spacial score (nSPS) is 12.0. The Kier molecular flexibility index (Phi) is 5.30. The minimum absolute atomic E-state index is 0.0868. The number of nitrogens with zero attached hydrogens (tertiary/aromatic N) is 2. The Bertz CT molecular complexity index is 906. The van der Waals surface area contributed by atoms with Gasteiger partial charge in [0.15, 0.2) is 5.96 Å². The van der Waals surface area contributed by atoms with Crippen LogP contribution in [0.4, 0.5) is 18.9 Å². The lowest BCUT2D eigenvalue weighted by atomic mass is 10.2. The second-order valence-corrected chi connectivity index (χ2v) is 5.41. The summed E-state index contributed by atoms with van der Waals surface area (Å²) in [5, 5.41) is 2.77. The number of hydrogen-bond donors (Lipinski definition) is 2. The number of anilines is 1. The Morgan fingerprint density at radius 1 is 1.11 bits per heavy atom. The summed E-state index contributed by atoms with van der Waals surface area (Å²) in [5.74, 6) is 0.246. The number of aliphatic imine (C=N–C) groups is 1. The van der Waals surface area contributed by atoms with Gasteiger partial charge in [0.1, 0.15) is 17.7 Å². The van der Waals surface area contributed by atoms with Gasteiger partial charge in [0.2, 0.25) is 5.89 Å². The monoisotopic (exact) mass is 376 g/mol. The molecule has 3 aromatic rings. The van der Waals surface area contributed by atoms with Gasteiger partial charge in [0, 0.05) is 11.3 Å². The highest BCUT2D eigenvalue weighted by molar-refractivity contribution is 5.92. The predicted octanol–water partition coefficient (Wildman–Crippen LogP) is 4.17. The maximum absolute atomic E-state index is 12.1. The van der Waals surface area contributed by atoms with E-state index in [1.807, 2.05) is 30.3 Å². The maximum atomic E-state index is 12.1. The van der Waals surface area contributed by atoms with Gasteiger partial charge in [-0.1, -0.05) is 18.2 Å². The van der Waals surface area contributed by atoms with E-state index >= 15 is 0 Å². The van der Waals surface area contributed by atoms with Gasteiger partial charge in [-0.25, -0.2) is 9.98 Å². The summed E-state index contributed by atoms with van der Waals surface area (Å²) >= 11 is 0. The van der Waals surface area contributed by atoms with Gasteiger partial charge in [-0.3, -0.25) is 0 Å². The van der Waals surface area contributed by atoms with Crippen LogP contribution in [0.15, 0.2) is 70.3 Å². The van der Waals surface area contributed by atoms with E-state index in [1.165, 1.54) is 30.5 Å². The molecule has 0 aliphatic rings. The van der Waals surface area contributed by atoms with E-state index in [2.05, 4.69) is 20.0 Å². The standard InChI is InChI=1S/C18H15F3N4O2/c19-18(20,21)27-15-8-6-13(7-9-15)25-17(22)23-10-14-11-26-16(24-14)12-4-2-1-3-5-12/h1-9,11H,10H2,(H3,22,23,25). The van der Waals surface area contributed by atoms with E-state index in [4.69, 9.17) is 10.2 Å². The molecule has 0 radical (unpaired) electrons. The second-order valence-electron chi connectivity index (χ2n) is 5.41. The first kappa shape index (κ1) is 18.3. The number of oxazole rings is 1. The van der Waals surface area contributed by atoms with Crippen molar-refractivity contribution in [1.82, 2.24) is 4.98 Å². The first-order valence-electron chi connectivity index (χ1n) is 7.82. The first-order chi connectivity index (χ1) is 12.9. The quantitative estimate of drug-likeness (QED) is 0.516. The summed E-state index contributed by atoms with van der Waals surface area (Å²) < 4.78 is 45.6. The van der Waals surface area contributed by atoms with Crippen molar-refractivity contribution in [2.75, 3.05) is 5.32 Å². The third-order valence-electron chi connectivity index (χ3n) is 3.34. The van der Waals surface area contributed by atoms with E-state index in [0.717, 1.165) is 5.56 Å². The molecule has 9 heteroatoms. The number of guanidine groups is 1. The summed E-state index contributed by atoms with van der Waals surface area (Å²) in [6, 6.07) is 14.5. The molecule has 6 nitrogen and oxygen atoms in total. The highest BCUT2D eigenvalue weighted by atomic mass is 19.4. The number of benzene rings is 2. The van der Waals surface area contributed by atoms with Crippen LogP contribution in [0, 0.1) is 0 Å². The Morgan fingerprint density at radius 3 is 2.48 bits per heavy atom. The van der Waals surface area contributed by atoms with Crippen molar-refractivity contribution in [2.45, 2.75) is 12.9 Å². The number of aromatic nitrogens is 1. The molecule has 3 rings (SSSR count). The number of hydrogen-bond acceptors (Lipinski definition) is 4. The van der Waals surface area contributed by atoms with Crippen molar-refractivity contribution < 1.29 is 22.3 Å². The number of halogens is 3. The molecular weight excluding hydrogens is 361 g/mol. The lowest BCUT2D eigenvalue weighted by molar-refractivity contribution is -0.274. The molecule has 0 aliphatic heterocycles. The summed E-state index contributed by atoms with van der Waals surface area (Å²) in [4.78, 5) is 8.45. The fourth-order valence-electron chi connectivity index (χ4n) is 2.19. The zero-order valence-electron chi connectivity index (χ0n) is 13.9. The summed E-state index contributed by atoms with van der Waals surface area (Å²) in [5.41, 5.74) is 7.69. The molecule has 0 amide bonds. The molecule has 0 fully saturated rings. The largest absolute Gasteiger partial charge is 0.573 e. The molecule has 0 saturated carbocycles. The Balaban J connectivity index is 1.58. The highest BCUT2D eigenvalue weighted by Gasteiger charge is 2.30. The average molecular weight is 376 g/mol. The fourth-order valence-corrected chi connectivity index (χ4v) is 2.19. The predicted molar refractivity (Wildman–Crippen MR) is 94.0 cm³/mol. The molecule has 1 heterocycles. The van der Waals surface area contributed by atoms with Crippen molar-refractivity contribution in [3.63, 3.8) is 0 Å². The number of alkyl halides is 3. The van der Waals surface area contributed by atoms with Crippen LogP contribution in [0.1, 0.15) is 5.69 Å². The Hall–Kier alpha value is -3.49. The molecule has 0 atom stereocenters. The van der Waals surface area contributed by atoms with Crippen LogP contribution in [0.25, 0.3) is 11.5 Å². The topological polar surface area (TPSA) is 85.7 Å². The summed E-state index contributed by atoms with van der Waals surface area (Å²) in [6.45, 7) is 0.185. The molecule has 1 aromatic heterocycles. The number of nitrogens with one attached hydrogen (secondary N) is 1. The molecule has 0 aliphatic carbocycles. The molecule has 0 bridgehead atoms. The zero-order valence-corrected chi connectivity index (χ0v) is 13.9. The third kappa shape index (κ3) is 5.50. The van der Waals surface area contributed by atoms with Crippen LogP contribution in [0.5, 0.6) is 5.75 Å². The lowest BCUT2D eigenvalue weighted by Crippen LogP contribution is -2.22. The lowest BCUT2D eigenvalue weighted by Gasteiger charge is -2.10. The van der Waals surface area contributed by atoms with Crippen LogP contribution >= 0.6 is 0 Å². The molecule has 0 spiro atoms. The average Bonchev–Trinajstić information content (AvgIpc) is 3.10. The number of rotatable bonds is 5. The van der Waals surface area contributed by atoms with Gasteiger partial charge in [-0.2, -0.15) is 0 Å². The Morgan fingerprint density at radius 2 is 1.81 bits per heavy atom. The Labute approximate surface area is 152 Å². The van der Waals surface area contributed by atoms with Crippen LogP contribution in [0.3, 0.4) is 0 Å². The van der Waals surface area contributed by atoms with Gasteiger partial charge in [-0.05, 0) is 36.4 Å². The van der Waals surface area contributed by atoms with Crippen LogP contribution < -0.4 is 15.8 Å². The van der Waals surface area contributed by atoms with E-state index in [9.17, 15) is 13.2 Å². The van der Waals surface area contributed by atoms with Gasteiger partial charge >= 0.3 is 6.36 Å². The maximum Gasteiger partial charge on any atom is 0.573 e. The van der Waals surface area contributed by atoms with Crippen molar-refractivity contribution in [1.29, 1.82) is 0 Å². The van der Waals surface area contributed by atoms with Crippen molar-refractivity contribution in [3.05, 3.63) is 66.6 Å². The summed E-state index contributed by atoms with van der Waals surface area (Å²) in [7, 11) is 0. The van der Waals surface area contributed by atoms with Crippen LogP contribution in [0.2, 0.25) is 0 Å². The SMILES string of the molecule is NC(=NCc1coc(-c2ccccc2)n1)Nc1ccc(OC(F)(F)F)cc1. The van der Waals surface area contributed by atoms with Crippen molar-refractivity contribution in [3.8, 4) is 17.2 Å². The minimum atomic E-state index is -4.73.